The lowest BCUT2D eigenvalue weighted by Crippen LogP contribution is -2.33. The Kier molecular flexibility index (Phi) is 4.81. The third-order valence-electron chi connectivity index (χ3n) is 3.72. The summed E-state index contributed by atoms with van der Waals surface area (Å²) in [5, 5.41) is 6.43. The Bertz CT molecular complexity index is 361. The van der Waals surface area contributed by atoms with E-state index in [0.717, 1.165) is 30.8 Å². The highest BCUT2D eigenvalue weighted by Gasteiger charge is 2.18. The topological polar surface area (TPSA) is 40.2 Å². The van der Waals surface area contributed by atoms with Gasteiger partial charge in [0, 0.05) is 26.2 Å². The van der Waals surface area contributed by atoms with Crippen molar-refractivity contribution in [3.05, 3.63) is 18.2 Å². The molecule has 0 atom stereocenters. The lowest BCUT2D eigenvalue weighted by Gasteiger charge is -2.24. The van der Waals surface area contributed by atoms with Gasteiger partial charge in [0.1, 0.15) is 11.6 Å². The van der Waals surface area contributed by atoms with Crippen molar-refractivity contribution in [2.45, 2.75) is 31.7 Å². The molecule has 1 aliphatic rings. The van der Waals surface area contributed by atoms with Crippen LogP contribution in [0, 0.1) is 0 Å². The Balaban J connectivity index is 1.73. The molecule has 4 heteroatoms. The highest BCUT2D eigenvalue weighted by molar-refractivity contribution is 5.44. The molecule has 0 radical (unpaired) electrons. The molecule has 1 saturated carbocycles. The molecule has 1 heterocycles. The van der Waals surface area contributed by atoms with Gasteiger partial charge in [-0.1, -0.05) is 18.9 Å². The second kappa shape index (κ2) is 6.59. The van der Waals surface area contributed by atoms with Crippen LogP contribution in [-0.2, 0) is 0 Å². The van der Waals surface area contributed by atoms with E-state index in [1.807, 2.05) is 25.2 Å². The molecule has 18 heavy (non-hydrogen) atoms. The summed E-state index contributed by atoms with van der Waals surface area (Å²) in [5.41, 5.74) is 0. The van der Waals surface area contributed by atoms with Gasteiger partial charge in [-0.25, -0.2) is 4.98 Å². The second-order valence-electron chi connectivity index (χ2n) is 5.00. The molecule has 0 unspecified atom stereocenters. The Hall–Kier alpha value is -1.29. The van der Waals surface area contributed by atoms with Crippen molar-refractivity contribution in [2.75, 3.05) is 37.8 Å². The zero-order valence-corrected chi connectivity index (χ0v) is 11.4. The van der Waals surface area contributed by atoms with Crippen molar-refractivity contribution in [1.82, 2.24) is 9.88 Å². The maximum atomic E-state index is 4.44. The van der Waals surface area contributed by atoms with Gasteiger partial charge >= 0.3 is 0 Å². The van der Waals surface area contributed by atoms with Crippen molar-refractivity contribution in [2.24, 2.45) is 0 Å². The van der Waals surface area contributed by atoms with E-state index in [2.05, 4.69) is 27.6 Å². The van der Waals surface area contributed by atoms with Crippen LogP contribution in [0.4, 0.5) is 11.6 Å². The summed E-state index contributed by atoms with van der Waals surface area (Å²) in [7, 11) is 4.12. The summed E-state index contributed by atoms with van der Waals surface area (Å²) in [6, 6.07) is 6.79. The van der Waals surface area contributed by atoms with E-state index in [0.29, 0.717) is 0 Å². The van der Waals surface area contributed by atoms with E-state index in [-0.39, 0.29) is 0 Å². The first-order valence-corrected chi connectivity index (χ1v) is 6.88. The molecule has 1 fully saturated rings. The largest absolute Gasteiger partial charge is 0.373 e. The summed E-state index contributed by atoms with van der Waals surface area (Å²) in [6.45, 7) is 2.03. The average molecular weight is 248 g/mol. The van der Waals surface area contributed by atoms with Gasteiger partial charge in [0.05, 0.1) is 0 Å². The highest BCUT2D eigenvalue weighted by atomic mass is 15.2. The lowest BCUT2D eigenvalue weighted by atomic mass is 10.2. The molecule has 4 nitrogen and oxygen atoms in total. The van der Waals surface area contributed by atoms with E-state index < -0.39 is 0 Å². The highest BCUT2D eigenvalue weighted by Crippen LogP contribution is 2.21. The minimum Gasteiger partial charge on any atom is -0.373 e. The molecule has 2 rings (SSSR count). The Morgan fingerprint density at radius 2 is 2.00 bits per heavy atom. The van der Waals surface area contributed by atoms with Gasteiger partial charge in [0.2, 0.25) is 0 Å². The summed E-state index contributed by atoms with van der Waals surface area (Å²) < 4.78 is 0. The Morgan fingerprint density at radius 3 is 2.72 bits per heavy atom. The molecular formula is C14H24N4. The van der Waals surface area contributed by atoms with Gasteiger partial charge in [0.15, 0.2) is 0 Å². The summed E-state index contributed by atoms with van der Waals surface area (Å²) in [4.78, 5) is 6.92. The van der Waals surface area contributed by atoms with Crippen LogP contribution in [0.5, 0.6) is 0 Å². The van der Waals surface area contributed by atoms with Gasteiger partial charge in [-0.3, -0.25) is 0 Å². The predicted octanol–water partition coefficient (Wildman–Crippen LogP) is 2.41. The van der Waals surface area contributed by atoms with Crippen molar-refractivity contribution < 1.29 is 0 Å². The van der Waals surface area contributed by atoms with Crippen LogP contribution in [0.1, 0.15) is 25.7 Å². The van der Waals surface area contributed by atoms with Gasteiger partial charge in [-0.05, 0) is 32.0 Å². The van der Waals surface area contributed by atoms with Crippen molar-refractivity contribution in [1.29, 1.82) is 0 Å². The fourth-order valence-corrected chi connectivity index (χ4v) is 2.56. The van der Waals surface area contributed by atoms with Gasteiger partial charge in [-0.15, -0.1) is 0 Å². The number of nitrogens with one attached hydrogen (secondary N) is 2. The summed E-state index contributed by atoms with van der Waals surface area (Å²) in [5.74, 6) is 1.85. The predicted molar refractivity (Wildman–Crippen MR) is 77.2 cm³/mol. The van der Waals surface area contributed by atoms with Crippen LogP contribution in [0.2, 0.25) is 0 Å². The first-order valence-electron chi connectivity index (χ1n) is 6.88. The second-order valence-corrected chi connectivity index (χ2v) is 5.00. The molecule has 100 valence electrons. The van der Waals surface area contributed by atoms with Crippen molar-refractivity contribution >= 4 is 11.6 Å². The van der Waals surface area contributed by atoms with E-state index >= 15 is 0 Å². The SMILES string of the molecule is CNc1cccc(NCCN(C)C2CCCC2)n1. The Morgan fingerprint density at radius 1 is 1.28 bits per heavy atom. The molecule has 0 spiro atoms. The number of pyridine rings is 1. The van der Waals surface area contributed by atoms with E-state index in [1.54, 1.807) is 0 Å². The van der Waals surface area contributed by atoms with Crippen molar-refractivity contribution in [3.8, 4) is 0 Å². The number of nitrogens with zero attached hydrogens (tertiary/aromatic N) is 2. The number of aromatic nitrogens is 1. The van der Waals surface area contributed by atoms with Crippen LogP contribution in [-0.4, -0.2) is 43.1 Å². The maximum Gasteiger partial charge on any atom is 0.128 e. The zero-order chi connectivity index (χ0) is 12.8. The molecule has 1 aromatic rings. The van der Waals surface area contributed by atoms with Gasteiger partial charge < -0.3 is 15.5 Å². The van der Waals surface area contributed by atoms with E-state index in [1.165, 1.54) is 25.7 Å². The van der Waals surface area contributed by atoms with Gasteiger partial charge in [0.25, 0.3) is 0 Å². The first kappa shape index (κ1) is 13.1. The first-order chi connectivity index (χ1) is 8.79. The minimum atomic E-state index is 0.795. The summed E-state index contributed by atoms with van der Waals surface area (Å²) in [6.07, 6.45) is 5.52. The molecule has 0 aromatic carbocycles. The number of hydrogen-bond acceptors (Lipinski definition) is 4. The lowest BCUT2D eigenvalue weighted by molar-refractivity contribution is 0.254. The molecular weight excluding hydrogens is 224 g/mol. The quantitative estimate of drug-likeness (QED) is 0.811. The monoisotopic (exact) mass is 248 g/mol. The minimum absolute atomic E-state index is 0.795. The van der Waals surface area contributed by atoms with Crippen LogP contribution in [0.15, 0.2) is 18.2 Å². The molecule has 0 amide bonds. The molecule has 2 N–H and O–H groups in total. The normalized spacial score (nSPS) is 16.2. The molecule has 1 aliphatic carbocycles. The fraction of sp³-hybridized carbons (Fsp3) is 0.643. The van der Waals surface area contributed by atoms with Crippen LogP contribution >= 0.6 is 0 Å². The van der Waals surface area contributed by atoms with E-state index in [4.69, 9.17) is 0 Å². The standard InChI is InChI=1S/C14H24N4/c1-15-13-8-5-9-14(17-13)16-10-11-18(2)12-6-3-4-7-12/h5,8-9,12H,3-4,6-7,10-11H2,1-2H3,(H2,15,16,17). The fourth-order valence-electron chi connectivity index (χ4n) is 2.56. The average Bonchev–Trinajstić information content (AvgIpc) is 2.93. The van der Waals surface area contributed by atoms with Gasteiger partial charge in [-0.2, -0.15) is 0 Å². The van der Waals surface area contributed by atoms with Crippen LogP contribution in [0.25, 0.3) is 0 Å². The third-order valence-corrected chi connectivity index (χ3v) is 3.72. The zero-order valence-electron chi connectivity index (χ0n) is 11.4. The number of likely N-dealkylation sites (N-methyl/N-ethyl adjacent to an activating group) is 1. The molecule has 0 aliphatic heterocycles. The number of rotatable bonds is 6. The number of anilines is 2. The van der Waals surface area contributed by atoms with Crippen LogP contribution in [0.3, 0.4) is 0 Å². The van der Waals surface area contributed by atoms with E-state index in [9.17, 15) is 0 Å². The third kappa shape index (κ3) is 3.60. The smallest absolute Gasteiger partial charge is 0.128 e. The maximum absolute atomic E-state index is 4.44. The molecule has 1 aromatic heterocycles. The summed E-state index contributed by atoms with van der Waals surface area (Å²) >= 11 is 0. The Labute approximate surface area is 110 Å². The number of hydrogen-bond donors (Lipinski definition) is 2. The molecule has 0 saturated heterocycles. The van der Waals surface area contributed by atoms with Crippen molar-refractivity contribution in [3.63, 3.8) is 0 Å². The molecule has 0 bridgehead atoms. The van der Waals surface area contributed by atoms with Crippen LogP contribution < -0.4 is 10.6 Å².